The van der Waals surface area contributed by atoms with Gasteiger partial charge < -0.3 is 14.7 Å². The number of piperazine rings is 1. The highest BCUT2D eigenvalue weighted by atomic mass is 16.2. The van der Waals surface area contributed by atoms with Crippen molar-refractivity contribution in [2.45, 2.75) is 44.9 Å². The van der Waals surface area contributed by atoms with Gasteiger partial charge in [0.1, 0.15) is 0 Å². The molecular weight excluding hydrogens is 314 g/mol. The molecule has 3 fully saturated rings. The van der Waals surface area contributed by atoms with E-state index in [9.17, 15) is 4.79 Å². The molecule has 3 heterocycles. The van der Waals surface area contributed by atoms with Crippen molar-refractivity contribution in [2.24, 2.45) is 5.92 Å². The van der Waals surface area contributed by atoms with Crippen molar-refractivity contribution in [3.63, 3.8) is 0 Å². The molecular formula is C19H29N5O. The third-order valence-corrected chi connectivity index (χ3v) is 5.68. The summed E-state index contributed by atoms with van der Waals surface area (Å²) in [5.41, 5.74) is 0. The number of carbonyl (C=O) groups is 1. The van der Waals surface area contributed by atoms with Crippen LogP contribution in [0.4, 0.5) is 11.6 Å². The van der Waals surface area contributed by atoms with Crippen LogP contribution in [0.25, 0.3) is 0 Å². The number of amides is 1. The second-order valence-electron chi connectivity index (χ2n) is 7.67. The first-order valence-corrected chi connectivity index (χ1v) is 9.91. The van der Waals surface area contributed by atoms with Crippen LogP contribution in [-0.4, -0.2) is 60.3 Å². The van der Waals surface area contributed by atoms with Crippen LogP contribution in [0.15, 0.2) is 12.1 Å². The monoisotopic (exact) mass is 343 g/mol. The minimum Gasteiger partial charge on any atom is -0.355 e. The number of hydrogen-bond donors (Lipinski definition) is 0. The Morgan fingerprint density at radius 2 is 1.40 bits per heavy atom. The van der Waals surface area contributed by atoms with E-state index in [1.165, 1.54) is 38.5 Å². The molecule has 0 atom stereocenters. The standard InChI is InChI=1S/C19H29N5O/c25-19(15-16-5-6-16)24-13-11-23(12-14-24)18-8-7-17(20-21-18)22-9-3-1-2-4-10-22/h7-8,16H,1-6,9-15H2. The van der Waals surface area contributed by atoms with Crippen molar-refractivity contribution in [1.82, 2.24) is 15.1 Å². The van der Waals surface area contributed by atoms with Gasteiger partial charge in [0, 0.05) is 45.7 Å². The van der Waals surface area contributed by atoms with Gasteiger partial charge in [-0.2, -0.15) is 0 Å². The zero-order valence-electron chi connectivity index (χ0n) is 15.1. The van der Waals surface area contributed by atoms with Crippen LogP contribution in [0, 0.1) is 5.92 Å². The lowest BCUT2D eigenvalue weighted by molar-refractivity contribution is -0.131. The third kappa shape index (κ3) is 4.22. The van der Waals surface area contributed by atoms with E-state index in [0.29, 0.717) is 11.8 Å². The topological polar surface area (TPSA) is 52.6 Å². The number of rotatable bonds is 4. The van der Waals surface area contributed by atoms with Crippen molar-refractivity contribution in [3.8, 4) is 0 Å². The SMILES string of the molecule is O=C(CC1CC1)N1CCN(c2ccc(N3CCCCCC3)nn2)CC1. The zero-order valence-corrected chi connectivity index (χ0v) is 15.1. The van der Waals surface area contributed by atoms with E-state index < -0.39 is 0 Å². The molecule has 0 radical (unpaired) electrons. The van der Waals surface area contributed by atoms with E-state index in [1.54, 1.807) is 0 Å². The molecule has 1 saturated carbocycles. The van der Waals surface area contributed by atoms with Crippen molar-refractivity contribution < 1.29 is 4.79 Å². The summed E-state index contributed by atoms with van der Waals surface area (Å²) in [4.78, 5) is 18.8. The minimum absolute atomic E-state index is 0.338. The Morgan fingerprint density at radius 3 is 1.92 bits per heavy atom. The molecule has 6 nitrogen and oxygen atoms in total. The Bertz CT molecular complexity index is 570. The highest BCUT2D eigenvalue weighted by molar-refractivity contribution is 5.77. The Kier molecular flexibility index (Phi) is 5.04. The van der Waals surface area contributed by atoms with Gasteiger partial charge in [-0.15, -0.1) is 10.2 Å². The molecule has 0 unspecified atom stereocenters. The first-order valence-electron chi connectivity index (χ1n) is 9.91. The normalized spacial score (nSPS) is 22.0. The highest BCUT2D eigenvalue weighted by Gasteiger charge is 2.29. The maximum atomic E-state index is 12.2. The van der Waals surface area contributed by atoms with Crippen LogP contribution in [0.5, 0.6) is 0 Å². The molecule has 136 valence electrons. The Balaban J connectivity index is 1.31. The van der Waals surface area contributed by atoms with Gasteiger partial charge in [-0.3, -0.25) is 4.79 Å². The number of aromatic nitrogens is 2. The van der Waals surface area contributed by atoms with E-state index in [2.05, 4.69) is 32.1 Å². The van der Waals surface area contributed by atoms with Gasteiger partial charge in [-0.25, -0.2) is 0 Å². The molecule has 0 spiro atoms. The molecule has 2 saturated heterocycles. The second-order valence-corrected chi connectivity index (χ2v) is 7.67. The fourth-order valence-electron chi connectivity index (χ4n) is 3.84. The summed E-state index contributed by atoms with van der Waals surface area (Å²) >= 11 is 0. The van der Waals surface area contributed by atoms with Gasteiger partial charge in [0.05, 0.1) is 0 Å². The molecule has 1 aliphatic carbocycles. The van der Waals surface area contributed by atoms with Gasteiger partial charge >= 0.3 is 0 Å². The van der Waals surface area contributed by atoms with Gasteiger partial charge in [0.25, 0.3) is 0 Å². The summed E-state index contributed by atoms with van der Waals surface area (Å²) in [5.74, 6) is 2.95. The summed E-state index contributed by atoms with van der Waals surface area (Å²) in [5, 5.41) is 8.94. The molecule has 1 aromatic heterocycles. The van der Waals surface area contributed by atoms with Crippen LogP contribution in [-0.2, 0) is 4.79 Å². The Labute approximate surface area is 150 Å². The van der Waals surface area contributed by atoms with Gasteiger partial charge in [-0.1, -0.05) is 12.8 Å². The van der Waals surface area contributed by atoms with Crippen LogP contribution >= 0.6 is 0 Å². The smallest absolute Gasteiger partial charge is 0.222 e. The lowest BCUT2D eigenvalue weighted by atomic mass is 10.2. The van der Waals surface area contributed by atoms with Crippen molar-refractivity contribution >= 4 is 17.5 Å². The first kappa shape index (κ1) is 16.6. The van der Waals surface area contributed by atoms with Crippen LogP contribution in [0.1, 0.15) is 44.9 Å². The van der Waals surface area contributed by atoms with Gasteiger partial charge in [0.15, 0.2) is 11.6 Å². The highest BCUT2D eigenvalue weighted by Crippen LogP contribution is 2.33. The fraction of sp³-hybridized carbons (Fsp3) is 0.737. The van der Waals surface area contributed by atoms with Crippen LogP contribution in [0.3, 0.4) is 0 Å². The van der Waals surface area contributed by atoms with Gasteiger partial charge in [0.2, 0.25) is 5.91 Å². The average molecular weight is 343 g/mol. The maximum absolute atomic E-state index is 12.2. The summed E-state index contributed by atoms with van der Waals surface area (Å²) < 4.78 is 0. The first-order chi connectivity index (χ1) is 12.3. The largest absolute Gasteiger partial charge is 0.355 e. The third-order valence-electron chi connectivity index (χ3n) is 5.68. The number of carbonyl (C=O) groups excluding carboxylic acids is 1. The van der Waals surface area contributed by atoms with Crippen molar-refractivity contribution in [2.75, 3.05) is 49.1 Å². The van der Waals surface area contributed by atoms with E-state index in [-0.39, 0.29) is 0 Å². The number of anilines is 2. The van der Waals surface area contributed by atoms with E-state index in [1.807, 2.05) is 4.90 Å². The molecule has 0 bridgehead atoms. The van der Waals surface area contributed by atoms with E-state index in [0.717, 1.165) is 57.3 Å². The van der Waals surface area contributed by atoms with E-state index in [4.69, 9.17) is 0 Å². The van der Waals surface area contributed by atoms with Crippen molar-refractivity contribution in [3.05, 3.63) is 12.1 Å². The molecule has 4 rings (SSSR count). The lowest BCUT2D eigenvalue weighted by Gasteiger charge is -2.35. The number of hydrogen-bond acceptors (Lipinski definition) is 5. The number of nitrogens with zero attached hydrogens (tertiary/aromatic N) is 5. The summed E-state index contributed by atoms with van der Waals surface area (Å²) in [6, 6.07) is 4.20. The molecule has 6 heteroatoms. The van der Waals surface area contributed by atoms with Crippen LogP contribution in [0.2, 0.25) is 0 Å². The molecule has 25 heavy (non-hydrogen) atoms. The zero-order chi connectivity index (χ0) is 17.1. The maximum Gasteiger partial charge on any atom is 0.222 e. The Hall–Kier alpha value is -1.85. The Morgan fingerprint density at radius 1 is 0.840 bits per heavy atom. The molecule has 1 aromatic rings. The molecule has 2 aliphatic heterocycles. The summed E-state index contributed by atoms with van der Waals surface area (Å²) in [6.45, 7) is 5.51. The molecule has 0 N–H and O–H groups in total. The van der Waals surface area contributed by atoms with Crippen molar-refractivity contribution in [1.29, 1.82) is 0 Å². The minimum atomic E-state index is 0.338. The lowest BCUT2D eigenvalue weighted by Crippen LogP contribution is -2.49. The summed E-state index contributed by atoms with van der Waals surface area (Å²) in [7, 11) is 0. The quantitative estimate of drug-likeness (QED) is 0.840. The summed E-state index contributed by atoms with van der Waals surface area (Å²) in [6.07, 6.45) is 8.39. The molecule has 3 aliphatic rings. The molecule has 1 amide bonds. The predicted molar refractivity (Wildman–Crippen MR) is 98.8 cm³/mol. The van der Waals surface area contributed by atoms with Crippen LogP contribution < -0.4 is 9.80 Å². The van der Waals surface area contributed by atoms with Gasteiger partial charge in [-0.05, 0) is 43.7 Å². The van der Waals surface area contributed by atoms with E-state index >= 15 is 0 Å². The second kappa shape index (κ2) is 7.58. The molecule has 0 aromatic carbocycles. The average Bonchev–Trinajstić information content (AvgIpc) is 3.49. The fourth-order valence-corrected chi connectivity index (χ4v) is 3.84. The predicted octanol–water partition coefficient (Wildman–Crippen LogP) is 2.31.